The summed E-state index contributed by atoms with van der Waals surface area (Å²) in [6, 6.07) is 12.3. The van der Waals surface area contributed by atoms with E-state index in [1.807, 2.05) is 12.1 Å². The van der Waals surface area contributed by atoms with Gasteiger partial charge < -0.3 is 15.4 Å². The fourth-order valence-corrected chi connectivity index (χ4v) is 4.86. The molecular formula is C25H23N5O4S. The number of hydrogen-bond donors (Lipinski definition) is 1. The van der Waals surface area contributed by atoms with Crippen LogP contribution in [0.25, 0.3) is 28.0 Å². The average molecular weight is 490 g/mol. The second-order valence-corrected chi connectivity index (χ2v) is 9.52. The lowest BCUT2D eigenvalue weighted by molar-refractivity contribution is 0.0303. The molecule has 1 atom stereocenters. The van der Waals surface area contributed by atoms with Crippen molar-refractivity contribution in [3.63, 3.8) is 0 Å². The molecule has 4 aromatic rings. The van der Waals surface area contributed by atoms with Gasteiger partial charge in [0.1, 0.15) is 0 Å². The zero-order valence-corrected chi connectivity index (χ0v) is 19.8. The number of rotatable bonds is 5. The lowest BCUT2D eigenvalue weighted by atomic mass is 10.1. The number of carbonyl (C=O) groups is 2. The molecular weight excluding hydrogens is 466 g/mol. The molecule has 2 aromatic heterocycles. The molecule has 0 saturated carbocycles. The fraction of sp³-hybridized carbons (Fsp3) is 0.200. The van der Waals surface area contributed by atoms with Gasteiger partial charge in [0, 0.05) is 60.0 Å². The van der Waals surface area contributed by atoms with Crippen LogP contribution in [0.5, 0.6) is 0 Å². The van der Waals surface area contributed by atoms with E-state index >= 15 is 0 Å². The predicted octanol–water partition coefficient (Wildman–Crippen LogP) is 2.40. The number of nitrogens with two attached hydrogens (primary N) is 1. The Labute approximate surface area is 204 Å². The van der Waals surface area contributed by atoms with Crippen LogP contribution in [0, 0.1) is 0 Å². The minimum absolute atomic E-state index is 0.0762. The maximum atomic E-state index is 13.0. The molecule has 0 radical (unpaired) electrons. The number of ether oxygens (including phenoxy) is 1. The zero-order chi connectivity index (χ0) is 24.5. The maximum Gasteiger partial charge on any atom is 0.254 e. The van der Waals surface area contributed by atoms with E-state index in [0.717, 1.165) is 16.5 Å². The molecule has 2 N–H and O–H groups in total. The number of primary amides is 1. The standard InChI is InChI=1S/C25H23N5O4S/c1-35(33)22-15-30(21-12-18(5-6-20(21)22)24(32)29-7-9-34-10-8-29)25-27-13-19(14-28-25)16-3-2-4-17(11-16)23(26)31/h2-6,11-15H,7-10H2,1H3,(H2,26,31). The van der Waals surface area contributed by atoms with E-state index in [1.165, 1.54) is 0 Å². The zero-order valence-electron chi connectivity index (χ0n) is 19.0. The molecule has 1 aliphatic rings. The average Bonchev–Trinajstić information content (AvgIpc) is 3.28. The highest BCUT2D eigenvalue weighted by molar-refractivity contribution is 7.84. The molecule has 0 bridgehead atoms. The molecule has 178 valence electrons. The Kier molecular flexibility index (Phi) is 6.14. The highest BCUT2D eigenvalue weighted by atomic mass is 32.2. The topological polar surface area (TPSA) is 120 Å². The van der Waals surface area contributed by atoms with Crippen molar-refractivity contribution in [3.8, 4) is 17.1 Å². The van der Waals surface area contributed by atoms with Crippen LogP contribution in [0.15, 0.2) is 66.0 Å². The van der Waals surface area contributed by atoms with Gasteiger partial charge in [0.05, 0.1) is 34.4 Å². The minimum atomic E-state index is -1.25. The van der Waals surface area contributed by atoms with Gasteiger partial charge in [-0.3, -0.25) is 18.4 Å². The quantitative estimate of drug-likeness (QED) is 0.460. The number of hydrogen-bond acceptors (Lipinski definition) is 6. The van der Waals surface area contributed by atoms with E-state index in [9.17, 15) is 13.8 Å². The van der Waals surface area contributed by atoms with E-state index in [-0.39, 0.29) is 5.91 Å². The van der Waals surface area contributed by atoms with Gasteiger partial charge in [-0.25, -0.2) is 9.97 Å². The summed E-state index contributed by atoms with van der Waals surface area (Å²) < 4.78 is 19.5. The molecule has 2 amide bonds. The number of benzene rings is 2. The highest BCUT2D eigenvalue weighted by Crippen LogP contribution is 2.28. The van der Waals surface area contributed by atoms with Gasteiger partial charge in [0.2, 0.25) is 11.9 Å². The molecule has 35 heavy (non-hydrogen) atoms. The summed E-state index contributed by atoms with van der Waals surface area (Å²) in [5.41, 5.74) is 8.50. The first kappa shape index (κ1) is 22.9. The van der Waals surface area contributed by atoms with Crippen LogP contribution in [0.1, 0.15) is 20.7 Å². The van der Waals surface area contributed by atoms with Gasteiger partial charge in [-0.05, 0) is 29.8 Å². The van der Waals surface area contributed by atoms with E-state index in [0.29, 0.717) is 53.8 Å². The lowest BCUT2D eigenvalue weighted by Crippen LogP contribution is -2.40. The first-order chi connectivity index (χ1) is 16.9. The van der Waals surface area contributed by atoms with E-state index < -0.39 is 16.7 Å². The first-order valence-electron chi connectivity index (χ1n) is 11.0. The highest BCUT2D eigenvalue weighted by Gasteiger charge is 2.21. The Balaban J connectivity index is 1.55. The summed E-state index contributed by atoms with van der Waals surface area (Å²) in [6.07, 6.45) is 6.66. The Bertz CT molecular complexity index is 1460. The van der Waals surface area contributed by atoms with E-state index in [1.54, 1.807) is 64.6 Å². The Morgan fingerprint density at radius 1 is 1.00 bits per heavy atom. The monoisotopic (exact) mass is 489 g/mol. The Morgan fingerprint density at radius 3 is 2.43 bits per heavy atom. The summed E-state index contributed by atoms with van der Waals surface area (Å²) in [5, 5.41) is 0.770. The van der Waals surface area contributed by atoms with E-state index in [2.05, 4.69) is 9.97 Å². The third-order valence-electron chi connectivity index (χ3n) is 5.96. The Hall–Kier alpha value is -3.89. The molecule has 10 heteroatoms. The van der Waals surface area contributed by atoms with Crippen molar-refractivity contribution >= 4 is 33.5 Å². The largest absolute Gasteiger partial charge is 0.378 e. The lowest BCUT2D eigenvalue weighted by Gasteiger charge is -2.26. The molecule has 3 heterocycles. The van der Waals surface area contributed by atoms with Crippen molar-refractivity contribution in [2.45, 2.75) is 4.90 Å². The van der Waals surface area contributed by atoms with Crippen LogP contribution in [0.4, 0.5) is 0 Å². The van der Waals surface area contributed by atoms with Gasteiger partial charge in [-0.15, -0.1) is 0 Å². The fourth-order valence-electron chi connectivity index (χ4n) is 4.12. The van der Waals surface area contributed by atoms with E-state index in [4.69, 9.17) is 10.5 Å². The minimum Gasteiger partial charge on any atom is -0.378 e. The third kappa shape index (κ3) is 4.45. The normalized spacial score (nSPS) is 14.7. The molecule has 5 rings (SSSR count). The van der Waals surface area contributed by atoms with Crippen molar-refractivity contribution in [2.75, 3.05) is 32.6 Å². The van der Waals surface area contributed by atoms with Crippen LogP contribution in [0.2, 0.25) is 0 Å². The number of carbonyl (C=O) groups excluding carboxylic acids is 2. The molecule has 2 aromatic carbocycles. The first-order valence-corrected chi connectivity index (χ1v) is 12.6. The smallest absolute Gasteiger partial charge is 0.254 e. The van der Waals surface area contributed by atoms with Gasteiger partial charge in [0.25, 0.3) is 5.91 Å². The summed E-state index contributed by atoms with van der Waals surface area (Å²) in [4.78, 5) is 36.0. The molecule has 1 aliphatic heterocycles. The van der Waals surface area contributed by atoms with Crippen LogP contribution in [-0.4, -0.2) is 68.0 Å². The van der Waals surface area contributed by atoms with Crippen molar-refractivity contribution in [1.29, 1.82) is 0 Å². The summed E-state index contributed by atoms with van der Waals surface area (Å²) >= 11 is 0. The van der Waals surface area contributed by atoms with Gasteiger partial charge in [-0.1, -0.05) is 18.2 Å². The maximum absolute atomic E-state index is 13.0. The molecule has 0 spiro atoms. The number of aromatic nitrogens is 3. The summed E-state index contributed by atoms with van der Waals surface area (Å²) in [7, 11) is -1.25. The molecule has 0 aliphatic carbocycles. The SMILES string of the molecule is CS(=O)c1cn(-c2ncc(-c3cccc(C(N)=O)c3)cn2)c2cc(C(=O)N3CCOCC3)ccc12. The Morgan fingerprint density at radius 2 is 1.74 bits per heavy atom. The van der Waals surface area contributed by atoms with Crippen molar-refractivity contribution in [2.24, 2.45) is 5.73 Å². The molecule has 1 saturated heterocycles. The van der Waals surface area contributed by atoms with Crippen LogP contribution in [0.3, 0.4) is 0 Å². The number of morpholine rings is 1. The van der Waals surface area contributed by atoms with Crippen LogP contribution >= 0.6 is 0 Å². The predicted molar refractivity (Wildman–Crippen MR) is 132 cm³/mol. The molecule has 9 nitrogen and oxygen atoms in total. The van der Waals surface area contributed by atoms with Crippen molar-refractivity contribution < 1.29 is 18.5 Å². The number of nitrogens with zero attached hydrogens (tertiary/aromatic N) is 4. The molecule has 1 fully saturated rings. The second-order valence-electron chi connectivity index (χ2n) is 8.17. The summed E-state index contributed by atoms with van der Waals surface area (Å²) in [6.45, 7) is 2.13. The molecule has 1 unspecified atom stereocenters. The van der Waals surface area contributed by atoms with Crippen LogP contribution in [-0.2, 0) is 15.5 Å². The van der Waals surface area contributed by atoms with Crippen molar-refractivity contribution in [1.82, 2.24) is 19.4 Å². The second kappa shape index (κ2) is 9.40. The van der Waals surface area contributed by atoms with Crippen molar-refractivity contribution in [3.05, 3.63) is 72.2 Å². The number of fused-ring (bicyclic) bond motifs is 1. The van der Waals surface area contributed by atoms with Gasteiger partial charge >= 0.3 is 0 Å². The summed E-state index contributed by atoms with van der Waals surface area (Å²) in [5.74, 6) is -0.212. The van der Waals surface area contributed by atoms with Gasteiger partial charge in [0.15, 0.2) is 0 Å². The third-order valence-corrected chi connectivity index (χ3v) is 6.90. The number of amides is 2. The van der Waals surface area contributed by atoms with Crippen LogP contribution < -0.4 is 5.73 Å². The van der Waals surface area contributed by atoms with Gasteiger partial charge in [-0.2, -0.15) is 0 Å².